The lowest BCUT2D eigenvalue weighted by Gasteiger charge is -2.17. The predicted molar refractivity (Wildman–Crippen MR) is 63.0 cm³/mol. The summed E-state index contributed by atoms with van der Waals surface area (Å²) in [6.07, 6.45) is -0.310. The molecule has 0 heterocycles. The maximum Gasteiger partial charge on any atom is 0.409 e. The van der Waals surface area contributed by atoms with Gasteiger partial charge in [0.2, 0.25) is 0 Å². The Bertz CT molecular complexity index is 185. The van der Waals surface area contributed by atoms with Crippen molar-refractivity contribution in [3.8, 4) is 0 Å². The van der Waals surface area contributed by atoms with E-state index >= 15 is 0 Å². The van der Waals surface area contributed by atoms with Gasteiger partial charge in [0.15, 0.2) is 0 Å². The summed E-state index contributed by atoms with van der Waals surface area (Å²) in [4.78, 5) is 13.0. The number of aliphatic hydroxyl groups is 1. The first-order chi connectivity index (χ1) is 8.26. The summed E-state index contributed by atoms with van der Waals surface area (Å²) in [6, 6.07) is 0. The van der Waals surface area contributed by atoms with Gasteiger partial charge in [0.1, 0.15) is 6.61 Å². The summed E-state index contributed by atoms with van der Waals surface area (Å²) in [5.74, 6) is 0. The van der Waals surface area contributed by atoms with Gasteiger partial charge in [-0.2, -0.15) is 0 Å². The highest BCUT2D eigenvalue weighted by atomic mass is 16.6. The number of carbonyl (C=O) groups is 1. The van der Waals surface area contributed by atoms with Crippen LogP contribution in [0.5, 0.6) is 0 Å². The number of rotatable bonds is 10. The third-order valence-corrected chi connectivity index (χ3v) is 2.08. The molecule has 0 spiro atoms. The van der Waals surface area contributed by atoms with Gasteiger partial charge >= 0.3 is 6.09 Å². The molecule has 0 atom stereocenters. The van der Waals surface area contributed by atoms with Crippen LogP contribution in [-0.2, 0) is 14.2 Å². The van der Waals surface area contributed by atoms with Crippen LogP contribution in [0, 0.1) is 0 Å². The van der Waals surface area contributed by atoms with Crippen LogP contribution >= 0.6 is 0 Å². The molecule has 1 amide bonds. The van der Waals surface area contributed by atoms with Crippen LogP contribution in [0.2, 0.25) is 0 Å². The highest BCUT2D eigenvalue weighted by Gasteiger charge is 2.09. The molecule has 0 aliphatic rings. The Kier molecular flexibility index (Phi) is 11.0. The fourth-order valence-electron chi connectivity index (χ4n) is 1.15. The minimum Gasteiger partial charge on any atom is -0.447 e. The van der Waals surface area contributed by atoms with Crippen molar-refractivity contribution in [3.63, 3.8) is 0 Å². The number of carbonyl (C=O) groups excluding carboxylic acids is 1. The van der Waals surface area contributed by atoms with Crippen LogP contribution in [0.3, 0.4) is 0 Å². The van der Waals surface area contributed by atoms with Crippen LogP contribution in [0.15, 0.2) is 0 Å². The largest absolute Gasteiger partial charge is 0.447 e. The van der Waals surface area contributed by atoms with Crippen molar-refractivity contribution in [3.05, 3.63) is 0 Å². The van der Waals surface area contributed by atoms with Gasteiger partial charge in [0.05, 0.1) is 33.0 Å². The Morgan fingerprint density at radius 1 is 1.00 bits per heavy atom. The first-order valence-corrected chi connectivity index (χ1v) is 5.94. The second-order valence-corrected chi connectivity index (χ2v) is 3.24. The van der Waals surface area contributed by atoms with Crippen molar-refractivity contribution in [1.82, 2.24) is 4.90 Å². The van der Waals surface area contributed by atoms with Crippen LogP contribution < -0.4 is 0 Å². The van der Waals surface area contributed by atoms with Crippen molar-refractivity contribution < 1.29 is 24.1 Å². The number of nitrogens with zero attached hydrogens (tertiary/aromatic N) is 1. The molecule has 0 bridgehead atoms. The third kappa shape index (κ3) is 8.91. The van der Waals surface area contributed by atoms with Gasteiger partial charge < -0.3 is 24.2 Å². The first-order valence-electron chi connectivity index (χ1n) is 5.94. The quantitative estimate of drug-likeness (QED) is 0.571. The van der Waals surface area contributed by atoms with E-state index in [0.29, 0.717) is 39.5 Å². The summed E-state index contributed by atoms with van der Waals surface area (Å²) in [6.45, 7) is 6.90. The third-order valence-electron chi connectivity index (χ3n) is 2.08. The predicted octanol–water partition coefficient (Wildman–Crippen LogP) is 0.490. The molecule has 0 fully saturated rings. The lowest BCUT2D eigenvalue weighted by atomic mass is 10.5. The van der Waals surface area contributed by atoms with Crippen LogP contribution in [0.1, 0.15) is 13.8 Å². The minimum atomic E-state index is -0.310. The van der Waals surface area contributed by atoms with E-state index in [9.17, 15) is 4.79 Å². The van der Waals surface area contributed by atoms with Gasteiger partial charge in [-0.25, -0.2) is 4.79 Å². The molecule has 0 aromatic carbocycles. The molecule has 6 heteroatoms. The average Bonchev–Trinajstić information content (AvgIpc) is 2.34. The van der Waals surface area contributed by atoms with Gasteiger partial charge in [-0.3, -0.25) is 0 Å². The van der Waals surface area contributed by atoms with E-state index in [1.807, 2.05) is 13.8 Å². The van der Waals surface area contributed by atoms with Crippen molar-refractivity contribution in [2.24, 2.45) is 0 Å². The fourth-order valence-corrected chi connectivity index (χ4v) is 1.15. The van der Waals surface area contributed by atoms with Crippen molar-refractivity contribution in [2.75, 3.05) is 52.7 Å². The molecule has 0 aromatic heterocycles. The maximum absolute atomic E-state index is 11.4. The van der Waals surface area contributed by atoms with Crippen LogP contribution in [0.4, 0.5) is 4.79 Å². The summed E-state index contributed by atoms with van der Waals surface area (Å²) in [5, 5.41) is 8.44. The molecule has 0 saturated heterocycles. The Hall–Kier alpha value is -0.850. The highest BCUT2D eigenvalue weighted by molar-refractivity contribution is 5.67. The van der Waals surface area contributed by atoms with Gasteiger partial charge in [0, 0.05) is 13.1 Å². The Morgan fingerprint density at radius 3 is 2.06 bits per heavy atom. The summed E-state index contributed by atoms with van der Waals surface area (Å²) in [7, 11) is 0. The molecule has 102 valence electrons. The normalized spacial score (nSPS) is 10.3. The van der Waals surface area contributed by atoms with Crippen molar-refractivity contribution in [1.29, 1.82) is 0 Å². The second kappa shape index (κ2) is 11.6. The Balaban J connectivity index is 3.30. The average molecular weight is 249 g/mol. The molecule has 0 saturated carbocycles. The molecule has 0 aliphatic heterocycles. The van der Waals surface area contributed by atoms with Crippen LogP contribution in [-0.4, -0.2) is 68.8 Å². The Labute approximate surface area is 102 Å². The van der Waals surface area contributed by atoms with Crippen molar-refractivity contribution in [2.45, 2.75) is 13.8 Å². The monoisotopic (exact) mass is 249 g/mol. The van der Waals surface area contributed by atoms with Crippen LogP contribution in [0.25, 0.3) is 0 Å². The summed E-state index contributed by atoms with van der Waals surface area (Å²) < 4.78 is 15.2. The SMILES string of the molecule is CCN(CC)C(=O)OCCOCCOCCO. The molecule has 0 aliphatic carbocycles. The second-order valence-electron chi connectivity index (χ2n) is 3.24. The van der Waals surface area contributed by atoms with Gasteiger partial charge in [-0.1, -0.05) is 0 Å². The molecule has 0 unspecified atom stereocenters. The number of hydrogen-bond acceptors (Lipinski definition) is 5. The summed E-state index contributed by atoms with van der Waals surface area (Å²) in [5.41, 5.74) is 0. The zero-order valence-electron chi connectivity index (χ0n) is 10.7. The van der Waals surface area contributed by atoms with E-state index in [1.54, 1.807) is 4.90 Å². The topological polar surface area (TPSA) is 68.2 Å². The van der Waals surface area contributed by atoms with E-state index in [-0.39, 0.29) is 19.3 Å². The molecule has 1 N–H and O–H groups in total. The fraction of sp³-hybridized carbons (Fsp3) is 0.909. The van der Waals surface area contributed by atoms with E-state index in [0.717, 1.165) is 0 Å². The number of ether oxygens (including phenoxy) is 3. The zero-order valence-corrected chi connectivity index (χ0v) is 10.7. The molecule has 0 rings (SSSR count). The standard InChI is InChI=1S/C11H23NO5/c1-3-12(4-2)11(14)17-10-9-16-8-7-15-6-5-13/h13H,3-10H2,1-2H3. The Morgan fingerprint density at radius 2 is 1.53 bits per heavy atom. The molecule has 6 nitrogen and oxygen atoms in total. The molecular formula is C11H23NO5. The van der Waals surface area contributed by atoms with Gasteiger partial charge in [0.25, 0.3) is 0 Å². The minimum absolute atomic E-state index is 0.0154. The highest BCUT2D eigenvalue weighted by Crippen LogP contribution is 1.93. The number of amides is 1. The van der Waals surface area contributed by atoms with Gasteiger partial charge in [-0.05, 0) is 13.8 Å². The van der Waals surface area contributed by atoms with Crippen molar-refractivity contribution >= 4 is 6.09 Å². The molecule has 0 radical (unpaired) electrons. The smallest absolute Gasteiger partial charge is 0.409 e. The van der Waals surface area contributed by atoms with E-state index in [4.69, 9.17) is 19.3 Å². The van der Waals surface area contributed by atoms with E-state index < -0.39 is 0 Å². The number of aliphatic hydroxyl groups excluding tert-OH is 1. The van der Waals surface area contributed by atoms with Gasteiger partial charge in [-0.15, -0.1) is 0 Å². The lowest BCUT2D eigenvalue weighted by Crippen LogP contribution is -2.31. The zero-order chi connectivity index (χ0) is 12.9. The number of hydrogen-bond donors (Lipinski definition) is 1. The molecule has 0 aromatic rings. The molecular weight excluding hydrogens is 226 g/mol. The van der Waals surface area contributed by atoms with E-state index in [2.05, 4.69) is 0 Å². The maximum atomic E-state index is 11.4. The first kappa shape index (κ1) is 16.1. The lowest BCUT2D eigenvalue weighted by molar-refractivity contribution is 0.0146. The summed E-state index contributed by atoms with van der Waals surface area (Å²) >= 11 is 0. The molecule has 17 heavy (non-hydrogen) atoms. The van der Waals surface area contributed by atoms with E-state index in [1.165, 1.54) is 0 Å².